The molecule has 2 rings (SSSR count). The molecule has 0 heterocycles. The Morgan fingerprint density at radius 1 is 1.05 bits per heavy atom. The molecule has 2 aromatic rings. The number of carboxylic acid groups (broad SMARTS) is 2. The number of hydrogen-bond donors (Lipinski definition) is 5. The molecule has 2 atom stereocenters. The minimum Gasteiger partial charge on any atom is -0.479 e. The Balaban J connectivity index is 2.50. The molecule has 7 heteroatoms. The van der Waals surface area contributed by atoms with Crippen molar-refractivity contribution in [1.29, 1.82) is 0 Å². The highest BCUT2D eigenvalue weighted by Crippen LogP contribution is 2.26. The van der Waals surface area contributed by atoms with Crippen LogP contribution in [-0.4, -0.2) is 44.2 Å². The van der Waals surface area contributed by atoms with Crippen LogP contribution in [0.15, 0.2) is 42.5 Å². The molecule has 110 valence electrons. The highest BCUT2D eigenvalue weighted by atomic mass is 16.5. The number of aliphatic hydroxyl groups is 2. The van der Waals surface area contributed by atoms with Gasteiger partial charge in [0.1, 0.15) is 0 Å². The first kappa shape index (κ1) is 14.8. The van der Waals surface area contributed by atoms with Crippen molar-refractivity contribution < 1.29 is 30.0 Å². The van der Waals surface area contributed by atoms with E-state index in [0.29, 0.717) is 5.39 Å². The maximum absolute atomic E-state index is 11.2. The van der Waals surface area contributed by atoms with E-state index in [1.165, 1.54) is 6.07 Å². The van der Waals surface area contributed by atoms with Crippen molar-refractivity contribution >= 4 is 28.4 Å². The van der Waals surface area contributed by atoms with E-state index in [-0.39, 0.29) is 5.69 Å². The maximum atomic E-state index is 11.2. The first-order valence-electron chi connectivity index (χ1n) is 5.99. The summed E-state index contributed by atoms with van der Waals surface area (Å²) in [6.07, 6.45) is -2.53. The number of nitrogens with one attached hydrogen (secondary N) is 1. The number of anilines is 1. The lowest BCUT2D eigenvalue weighted by atomic mass is 10.0. The predicted molar refractivity (Wildman–Crippen MR) is 73.8 cm³/mol. The van der Waals surface area contributed by atoms with Gasteiger partial charge >= 0.3 is 11.9 Å². The molecule has 0 radical (unpaired) electrons. The number of carboxylic acids is 2. The molecule has 5 N–H and O–H groups in total. The lowest BCUT2D eigenvalue weighted by Crippen LogP contribution is -2.58. The first-order chi connectivity index (χ1) is 9.86. The van der Waals surface area contributed by atoms with Crippen molar-refractivity contribution in [2.75, 3.05) is 5.32 Å². The second-order valence-corrected chi connectivity index (χ2v) is 4.46. The average Bonchev–Trinajstić information content (AvgIpc) is 2.46. The van der Waals surface area contributed by atoms with Crippen LogP contribution in [0.1, 0.15) is 0 Å². The second kappa shape index (κ2) is 5.39. The molecule has 0 spiro atoms. The minimum atomic E-state index is -3.05. The smallest absolute Gasteiger partial charge is 0.360 e. The lowest BCUT2D eigenvalue weighted by molar-refractivity contribution is -0.178. The van der Waals surface area contributed by atoms with Crippen LogP contribution in [0.5, 0.6) is 0 Å². The highest BCUT2D eigenvalue weighted by molar-refractivity contribution is 5.97. The van der Waals surface area contributed by atoms with Crippen LogP contribution in [-0.2, 0) is 9.59 Å². The van der Waals surface area contributed by atoms with Crippen LogP contribution in [0.2, 0.25) is 0 Å². The van der Waals surface area contributed by atoms with Crippen molar-refractivity contribution in [3.8, 4) is 0 Å². The third-order valence-electron chi connectivity index (χ3n) is 3.07. The van der Waals surface area contributed by atoms with E-state index in [0.717, 1.165) is 5.39 Å². The molecule has 0 amide bonds. The molecule has 0 saturated heterocycles. The molecule has 21 heavy (non-hydrogen) atoms. The van der Waals surface area contributed by atoms with Crippen LogP contribution >= 0.6 is 0 Å². The SMILES string of the molecule is O=C(O)C(O)C(O)(Nc1cccc2ccccc12)C(=O)O. The molecule has 2 unspecified atom stereocenters. The Hall–Kier alpha value is -2.64. The van der Waals surface area contributed by atoms with Gasteiger partial charge in [0.15, 0.2) is 0 Å². The number of benzene rings is 2. The summed E-state index contributed by atoms with van der Waals surface area (Å²) in [6, 6.07) is 11.8. The third-order valence-corrected chi connectivity index (χ3v) is 3.07. The van der Waals surface area contributed by atoms with E-state index < -0.39 is 23.8 Å². The van der Waals surface area contributed by atoms with Crippen LogP contribution in [0, 0.1) is 0 Å². The molecule has 0 aliphatic carbocycles. The van der Waals surface area contributed by atoms with Crippen LogP contribution in [0.3, 0.4) is 0 Å². The summed E-state index contributed by atoms with van der Waals surface area (Å²) < 4.78 is 0. The van der Waals surface area contributed by atoms with Gasteiger partial charge in [0.2, 0.25) is 6.10 Å². The molecular weight excluding hydrogens is 278 g/mol. The van der Waals surface area contributed by atoms with E-state index in [1.54, 1.807) is 36.4 Å². The van der Waals surface area contributed by atoms with Gasteiger partial charge in [-0.3, -0.25) is 0 Å². The van der Waals surface area contributed by atoms with Gasteiger partial charge in [-0.05, 0) is 11.5 Å². The van der Waals surface area contributed by atoms with E-state index in [9.17, 15) is 19.8 Å². The van der Waals surface area contributed by atoms with Crippen LogP contribution < -0.4 is 5.32 Å². The van der Waals surface area contributed by atoms with Crippen molar-refractivity contribution in [3.63, 3.8) is 0 Å². The molecule has 0 fully saturated rings. The summed E-state index contributed by atoms with van der Waals surface area (Å²) in [5, 5.41) is 40.8. The van der Waals surface area contributed by atoms with Crippen LogP contribution in [0.4, 0.5) is 5.69 Å². The van der Waals surface area contributed by atoms with Crippen molar-refractivity contribution in [2.45, 2.75) is 11.8 Å². The zero-order valence-corrected chi connectivity index (χ0v) is 10.7. The Morgan fingerprint density at radius 3 is 2.29 bits per heavy atom. The van der Waals surface area contributed by atoms with Crippen molar-refractivity contribution in [3.05, 3.63) is 42.5 Å². The number of hydrogen-bond acceptors (Lipinski definition) is 5. The summed E-state index contributed by atoms with van der Waals surface area (Å²) >= 11 is 0. The summed E-state index contributed by atoms with van der Waals surface area (Å²) in [7, 11) is 0. The fourth-order valence-electron chi connectivity index (χ4n) is 1.96. The fourth-order valence-corrected chi connectivity index (χ4v) is 1.96. The summed E-state index contributed by atoms with van der Waals surface area (Å²) in [5.74, 6) is -3.75. The molecule has 0 saturated carbocycles. The molecule has 0 aliphatic rings. The van der Waals surface area contributed by atoms with Crippen LogP contribution in [0.25, 0.3) is 10.8 Å². The zero-order chi connectivity index (χ0) is 15.6. The number of aliphatic hydroxyl groups excluding tert-OH is 1. The van der Waals surface area contributed by atoms with Gasteiger partial charge in [0.25, 0.3) is 5.72 Å². The summed E-state index contributed by atoms with van der Waals surface area (Å²) in [6.45, 7) is 0. The van der Waals surface area contributed by atoms with Gasteiger partial charge in [-0.15, -0.1) is 0 Å². The monoisotopic (exact) mass is 291 g/mol. The van der Waals surface area contributed by atoms with E-state index in [4.69, 9.17) is 10.2 Å². The Labute approximate surface area is 119 Å². The minimum absolute atomic E-state index is 0.193. The van der Waals surface area contributed by atoms with Gasteiger partial charge in [0, 0.05) is 11.1 Å². The third kappa shape index (κ3) is 2.64. The van der Waals surface area contributed by atoms with E-state index in [2.05, 4.69) is 5.32 Å². The van der Waals surface area contributed by atoms with E-state index >= 15 is 0 Å². The largest absolute Gasteiger partial charge is 0.479 e. The number of fused-ring (bicyclic) bond motifs is 1. The molecule has 0 aliphatic heterocycles. The topological polar surface area (TPSA) is 127 Å². The number of rotatable bonds is 5. The second-order valence-electron chi connectivity index (χ2n) is 4.46. The number of aliphatic carboxylic acids is 2. The van der Waals surface area contributed by atoms with Gasteiger partial charge in [-0.1, -0.05) is 36.4 Å². The van der Waals surface area contributed by atoms with Gasteiger partial charge < -0.3 is 25.7 Å². The maximum Gasteiger partial charge on any atom is 0.360 e. The molecule has 7 nitrogen and oxygen atoms in total. The molecular formula is C14H13NO6. The van der Waals surface area contributed by atoms with Crippen molar-refractivity contribution in [2.24, 2.45) is 0 Å². The highest BCUT2D eigenvalue weighted by Gasteiger charge is 2.48. The quantitative estimate of drug-likeness (QED) is 0.507. The summed E-state index contributed by atoms with van der Waals surface area (Å²) in [5.41, 5.74) is -2.85. The summed E-state index contributed by atoms with van der Waals surface area (Å²) in [4.78, 5) is 22.0. The first-order valence-corrected chi connectivity index (χ1v) is 5.99. The standard InChI is InChI=1S/C14H13NO6/c16-11(12(17)18)14(21,13(19)20)15-10-7-3-5-8-4-1-2-6-9(8)10/h1-7,11,15-16,21H,(H,17,18)(H,19,20). The molecule has 2 aromatic carbocycles. The van der Waals surface area contributed by atoms with Crippen molar-refractivity contribution in [1.82, 2.24) is 0 Å². The Bertz CT molecular complexity index is 695. The normalized spacial score (nSPS) is 15.1. The van der Waals surface area contributed by atoms with Gasteiger partial charge in [-0.25, -0.2) is 9.59 Å². The molecule has 0 aromatic heterocycles. The van der Waals surface area contributed by atoms with E-state index in [1.807, 2.05) is 0 Å². The Morgan fingerprint density at radius 2 is 1.67 bits per heavy atom. The fraction of sp³-hybridized carbons (Fsp3) is 0.143. The number of carbonyl (C=O) groups is 2. The molecule has 0 bridgehead atoms. The Kier molecular flexibility index (Phi) is 3.79. The predicted octanol–water partition coefficient (Wildman–Crippen LogP) is 0.470. The average molecular weight is 291 g/mol. The van der Waals surface area contributed by atoms with Gasteiger partial charge in [-0.2, -0.15) is 0 Å². The van der Waals surface area contributed by atoms with Gasteiger partial charge in [0.05, 0.1) is 0 Å². The zero-order valence-electron chi connectivity index (χ0n) is 10.7. The lowest BCUT2D eigenvalue weighted by Gasteiger charge is -2.28.